The van der Waals surface area contributed by atoms with Gasteiger partial charge in [-0.05, 0) is 53.7 Å². The van der Waals surface area contributed by atoms with Crippen molar-refractivity contribution in [1.29, 1.82) is 5.26 Å². The van der Waals surface area contributed by atoms with E-state index in [0.29, 0.717) is 17.1 Å². The summed E-state index contributed by atoms with van der Waals surface area (Å²) in [6, 6.07) is 17.5. The van der Waals surface area contributed by atoms with E-state index in [-0.39, 0.29) is 0 Å². The maximum atomic E-state index is 9.73. The number of amidine groups is 1. The molecule has 0 radical (unpaired) electrons. The molecule has 2 aromatic carbocycles. The average molecular weight is 418 g/mol. The van der Waals surface area contributed by atoms with Gasteiger partial charge < -0.3 is 14.4 Å². The van der Waals surface area contributed by atoms with Gasteiger partial charge in [-0.2, -0.15) is 5.26 Å². The Kier molecular flexibility index (Phi) is 4.68. The van der Waals surface area contributed by atoms with Gasteiger partial charge in [-0.25, -0.2) is 4.99 Å². The van der Waals surface area contributed by atoms with Crippen molar-refractivity contribution in [2.24, 2.45) is 9.98 Å². The molecule has 29 heavy (non-hydrogen) atoms. The van der Waals surface area contributed by atoms with E-state index in [1.54, 1.807) is 17.4 Å². The summed E-state index contributed by atoms with van der Waals surface area (Å²) in [5.74, 6) is 2.08. The molecule has 3 aromatic rings. The molecule has 0 atom stereocenters. The van der Waals surface area contributed by atoms with Gasteiger partial charge in [0.2, 0.25) is 0 Å². The maximum Gasteiger partial charge on any atom is 0.147 e. The first-order valence-electron chi connectivity index (χ1n) is 8.99. The van der Waals surface area contributed by atoms with Crippen LogP contribution in [0.15, 0.2) is 68.1 Å². The van der Waals surface area contributed by atoms with Crippen LogP contribution in [0.4, 0.5) is 11.4 Å². The van der Waals surface area contributed by atoms with Crippen LogP contribution in [0.2, 0.25) is 0 Å². The minimum absolute atomic E-state index is 0.465. The molecule has 8 heteroatoms. The van der Waals surface area contributed by atoms with E-state index in [0.717, 1.165) is 40.1 Å². The summed E-state index contributed by atoms with van der Waals surface area (Å²) in [5.41, 5.74) is 3.01. The monoisotopic (exact) mass is 417 g/mol. The van der Waals surface area contributed by atoms with E-state index in [2.05, 4.69) is 20.8 Å². The summed E-state index contributed by atoms with van der Waals surface area (Å²) in [6.07, 6.45) is 1.82. The molecule has 2 aliphatic heterocycles. The first kappa shape index (κ1) is 17.8. The number of aliphatic imine (C=N–C) groups is 2. The van der Waals surface area contributed by atoms with Gasteiger partial charge in [-0.15, -0.1) is 11.3 Å². The predicted octanol–water partition coefficient (Wildman–Crippen LogP) is 5.27. The van der Waals surface area contributed by atoms with E-state index < -0.39 is 0 Å². The van der Waals surface area contributed by atoms with Crippen LogP contribution >= 0.6 is 23.3 Å². The van der Waals surface area contributed by atoms with Crippen LogP contribution in [-0.2, 0) is 0 Å². The van der Waals surface area contributed by atoms with E-state index in [9.17, 15) is 5.26 Å². The van der Waals surface area contributed by atoms with E-state index in [4.69, 9.17) is 4.74 Å². The highest BCUT2D eigenvalue weighted by Crippen LogP contribution is 2.36. The lowest BCUT2D eigenvalue weighted by Gasteiger charge is -2.21. The van der Waals surface area contributed by atoms with Crippen LogP contribution in [0.25, 0.3) is 0 Å². The predicted molar refractivity (Wildman–Crippen MR) is 118 cm³/mol. The van der Waals surface area contributed by atoms with Crippen LogP contribution in [0.1, 0.15) is 11.1 Å². The Balaban J connectivity index is 1.42. The number of nitriles is 1. The quantitative estimate of drug-likeness (QED) is 0.573. The number of hydrogen-bond acceptors (Lipinski definition) is 8. The second-order valence-corrected chi connectivity index (χ2v) is 8.41. The number of nitrogens with one attached hydrogen (secondary N) is 1. The van der Waals surface area contributed by atoms with Gasteiger partial charge in [0.05, 0.1) is 28.5 Å². The molecule has 0 aliphatic carbocycles. The molecule has 3 heterocycles. The van der Waals surface area contributed by atoms with Crippen molar-refractivity contribution >= 4 is 46.8 Å². The third-order valence-corrected chi connectivity index (χ3v) is 6.40. The smallest absolute Gasteiger partial charge is 0.147 e. The fourth-order valence-electron chi connectivity index (χ4n) is 3.19. The minimum Gasteiger partial charge on any atom is -0.456 e. The molecule has 0 unspecified atom stereocenters. The number of hydrogen-bond donors (Lipinski definition) is 1. The van der Waals surface area contributed by atoms with Crippen molar-refractivity contribution in [3.8, 4) is 17.6 Å². The zero-order valence-electron chi connectivity index (χ0n) is 15.2. The third-order valence-electron chi connectivity index (χ3n) is 4.54. The van der Waals surface area contributed by atoms with Crippen LogP contribution in [0.3, 0.4) is 0 Å². The lowest BCUT2D eigenvalue weighted by molar-refractivity contribution is 0.481. The Morgan fingerprint density at radius 2 is 2.17 bits per heavy atom. The Bertz CT molecular complexity index is 1160. The average Bonchev–Trinajstić information content (AvgIpc) is 3.44. The standard InChI is InChI=1S/C21H15N5OS2/c22-12-16-18(25-29-20-5-2-10-28-20)3-1-4-19(16)27-14-6-7-17-15(11-14)21-23-8-9-26(21)13-24-17/h1-7,10-11,13,25H,8-9H2. The van der Waals surface area contributed by atoms with Crippen LogP contribution in [0, 0.1) is 11.3 Å². The van der Waals surface area contributed by atoms with Gasteiger partial charge in [0.15, 0.2) is 0 Å². The topological polar surface area (TPSA) is 73.0 Å². The highest BCUT2D eigenvalue weighted by atomic mass is 32.2. The van der Waals surface area contributed by atoms with Crippen molar-refractivity contribution in [3.05, 3.63) is 65.0 Å². The molecule has 0 saturated heterocycles. The first-order chi connectivity index (χ1) is 14.3. The van der Waals surface area contributed by atoms with Crippen LogP contribution in [-0.4, -0.2) is 30.2 Å². The second kappa shape index (κ2) is 7.62. The fourth-order valence-corrected chi connectivity index (χ4v) is 4.65. The number of fused-ring (bicyclic) bond motifs is 3. The van der Waals surface area contributed by atoms with Gasteiger partial charge in [0, 0.05) is 12.1 Å². The summed E-state index contributed by atoms with van der Waals surface area (Å²) in [5, 5.41) is 11.7. The van der Waals surface area contributed by atoms with Gasteiger partial charge in [0.1, 0.15) is 29.0 Å². The zero-order valence-corrected chi connectivity index (χ0v) is 16.8. The molecule has 0 bridgehead atoms. The maximum absolute atomic E-state index is 9.73. The van der Waals surface area contributed by atoms with E-state index in [1.807, 2.05) is 59.1 Å². The number of nitrogens with zero attached hydrogens (tertiary/aromatic N) is 4. The fraction of sp³-hybridized carbons (Fsp3) is 0.0952. The molecule has 6 nitrogen and oxygen atoms in total. The highest BCUT2D eigenvalue weighted by Gasteiger charge is 2.24. The lowest BCUT2D eigenvalue weighted by atomic mass is 10.1. The number of ether oxygens (including phenoxy) is 1. The second-order valence-electron chi connectivity index (χ2n) is 6.35. The number of rotatable bonds is 5. The van der Waals surface area contributed by atoms with Crippen LogP contribution < -0.4 is 9.46 Å². The molecule has 0 saturated carbocycles. The minimum atomic E-state index is 0.465. The van der Waals surface area contributed by atoms with Gasteiger partial charge in [0.25, 0.3) is 0 Å². The van der Waals surface area contributed by atoms with Gasteiger partial charge in [-0.1, -0.05) is 12.1 Å². The molecule has 142 valence electrons. The zero-order chi connectivity index (χ0) is 19.6. The highest BCUT2D eigenvalue weighted by molar-refractivity contribution is 8.02. The summed E-state index contributed by atoms with van der Waals surface area (Å²) >= 11 is 3.12. The van der Waals surface area contributed by atoms with Crippen molar-refractivity contribution in [1.82, 2.24) is 4.90 Å². The summed E-state index contributed by atoms with van der Waals surface area (Å²) in [7, 11) is 0. The third kappa shape index (κ3) is 3.46. The van der Waals surface area contributed by atoms with Crippen molar-refractivity contribution in [2.45, 2.75) is 4.21 Å². The Morgan fingerprint density at radius 3 is 3.03 bits per heavy atom. The van der Waals surface area contributed by atoms with Crippen LogP contribution in [0.5, 0.6) is 11.5 Å². The summed E-state index contributed by atoms with van der Waals surface area (Å²) in [4.78, 5) is 11.1. The summed E-state index contributed by atoms with van der Waals surface area (Å²) in [6.45, 7) is 1.61. The number of anilines is 1. The first-order valence-corrected chi connectivity index (χ1v) is 10.7. The van der Waals surface area contributed by atoms with Crippen molar-refractivity contribution < 1.29 is 4.74 Å². The van der Waals surface area contributed by atoms with E-state index in [1.165, 1.54) is 11.9 Å². The number of benzene rings is 2. The molecule has 5 rings (SSSR count). The molecule has 0 spiro atoms. The molecule has 0 fully saturated rings. The Labute approximate surface area is 176 Å². The van der Waals surface area contributed by atoms with Crippen molar-refractivity contribution in [3.63, 3.8) is 0 Å². The Hall–Kier alpha value is -3.28. The molecule has 1 aromatic heterocycles. The molecule has 1 N–H and O–H groups in total. The van der Waals surface area contributed by atoms with Gasteiger partial charge in [-0.3, -0.25) is 4.99 Å². The Morgan fingerprint density at radius 1 is 1.21 bits per heavy atom. The lowest BCUT2D eigenvalue weighted by Crippen LogP contribution is -2.29. The molecule has 0 amide bonds. The molecular formula is C21H15N5OS2. The normalized spacial score (nSPS) is 14.0. The largest absolute Gasteiger partial charge is 0.456 e. The SMILES string of the molecule is N#Cc1c(NSc2cccs2)cccc1Oc1ccc2c(c1)C1=NCCN1C=N2. The van der Waals surface area contributed by atoms with Crippen molar-refractivity contribution in [2.75, 3.05) is 17.8 Å². The molecule has 2 aliphatic rings. The van der Waals surface area contributed by atoms with E-state index >= 15 is 0 Å². The summed E-state index contributed by atoms with van der Waals surface area (Å²) < 4.78 is 10.5. The van der Waals surface area contributed by atoms with Gasteiger partial charge >= 0.3 is 0 Å². The number of thiophene rings is 1. The molecular weight excluding hydrogens is 402 g/mol.